The molecule has 5 nitrogen and oxygen atoms in total. The highest BCUT2D eigenvalue weighted by molar-refractivity contribution is 8.00. The van der Waals surface area contributed by atoms with Gasteiger partial charge in [0.1, 0.15) is 18.1 Å². The molecule has 1 fully saturated rings. The van der Waals surface area contributed by atoms with E-state index in [1.807, 2.05) is 26.0 Å². The van der Waals surface area contributed by atoms with E-state index < -0.39 is 0 Å². The third-order valence-corrected chi connectivity index (χ3v) is 3.67. The van der Waals surface area contributed by atoms with Crippen molar-refractivity contribution in [2.24, 2.45) is 0 Å². The molecule has 1 saturated heterocycles. The maximum Gasteiger partial charge on any atom is 0.240 e. The van der Waals surface area contributed by atoms with Crippen molar-refractivity contribution in [2.45, 2.75) is 19.9 Å². The predicted octanol–water partition coefficient (Wildman–Crippen LogP) is 1.30. The molecule has 2 rings (SSSR count). The van der Waals surface area contributed by atoms with Gasteiger partial charge in [-0.05, 0) is 26.0 Å². The number of rotatable bonds is 4. The van der Waals surface area contributed by atoms with Crippen molar-refractivity contribution >= 4 is 23.6 Å². The Bertz CT molecular complexity index is 458. The van der Waals surface area contributed by atoms with Gasteiger partial charge in [-0.1, -0.05) is 0 Å². The van der Waals surface area contributed by atoms with Crippen LogP contribution in [0.2, 0.25) is 0 Å². The molecule has 2 amide bonds. The molecule has 1 aliphatic rings. The minimum atomic E-state index is -0.184. The third kappa shape index (κ3) is 3.07. The van der Waals surface area contributed by atoms with Gasteiger partial charge in [0.25, 0.3) is 0 Å². The maximum atomic E-state index is 11.8. The molecular formula is C12H16N2O3S. The van der Waals surface area contributed by atoms with Crippen LogP contribution in [-0.2, 0) is 9.59 Å². The summed E-state index contributed by atoms with van der Waals surface area (Å²) in [5.41, 5.74) is 0. The number of aryl methyl sites for hydroxylation is 1. The molecule has 1 aromatic rings. The van der Waals surface area contributed by atoms with E-state index in [0.717, 1.165) is 11.5 Å². The van der Waals surface area contributed by atoms with Crippen LogP contribution in [0, 0.1) is 6.92 Å². The summed E-state index contributed by atoms with van der Waals surface area (Å²) in [6.45, 7) is 3.84. The van der Waals surface area contributed by atoms with Crippen molar-refractivity contribution in [3.8, 4) is 0 Å². The van der Waals surface area contributed by atoms with E-state index in [1.54, 1.807) is 4.90 Å². The maximum absolute atomic E-state index is 11.8. The second kappa shape index (κ2) is 5.48. The van der Waals surface area contributed by atoms with Crippen LogP contribution in [0.5, 0.6) is 0 Å². The smallest absolute Gasteiger partial charge is 0.240 e. The Morgan fingerprint density at radius 1 is 1.61 bits per heavy atom. The summed E-state index contributed by atoms with van der Waals surface area (Å²) in [7, 11) is 0. The molecule has 0 bridgehead atoms. The molecular weight excluding hydrogens is 252 g/mol. The average Bonchev–Trinajstić information content (AvgIpc) is 2.89. The lowest BCUT2D eigenvalue weighted by molar-refractivity contribution is -0.132. The fraction of sp³-hybridized carbons (Fsp3) is 0.500. The van der Waals surface area contributed by atoms with Crippen LogP contribution in [0.1, 0.15) is 24.5 Å². The van der Waals surface area contributed by atoms with E-state index >= 15 is 0 Å². The number of carbonyl (C=O) groups excluding carboxylic acids is 2. The molecule has 1 atom stereocenters. The first kappa shape index (κ1) is 13.0. The normalized spacial score (nSPS) is 17.0. The standard InChI is InChI=1S/C12H16N2O3S/c1-8-3-4-10(17-8)9(2)13-11(15)5-14-7-18-6-12(14)16/h3-4,9H,5-7H2,1-2H3,(H,13,15). The van der Waals surface area contributed by atoms with Gasteiger partial charge in [0, 0.05) is 0 Å². The van der Waals surface area contributed by atoms with Gasteiger partial charge >= 0.3 is 0 Å². The first-order valence-electron chi connectivity index (χ1n) is 5.77. The number of carbonyl (C=O) groups is 2. The van der Waals surface area contributed by atoms with Crippen LogP contribution in [0.25, 0.3) is 0 Å². The Morgan fingerprint density at radius 2 is 2.39 bits per heavy atom. The van der Waals surface area contributed by atoms with Gasteiger partial charge in [-0.15, -0.1) is 11.8 Å². The number of furan rings is 1. The lowest BCUT2D eigenvalue weighted by Gasteiger charge is -2.16. The Morgan fingerprint density at radius 3 is 2.94 bits per heavy atom. The summed E-state index contributed by atoms with van der Waals surface area (Å²) >= 11 is 1.53. The van der Waals surface area contributed by atoms with Crippen molar-refractivity contribution in [1.29, 1.82) is 0 Å². The fourth-order valence-electron chi connectivity index (χ4n) is 1.76. The van der Waals surface area contributed by atoms with Gasteiger partial charge in [0.2, 0.25) is 11.8 Å². The van der Waals surface area contributed by atoms with Crippen LogP contribution < -0.4 is 5.32 Å². The Kier molecular flexibility index (Phi) is 3.96. The summed E-state index contributed by atoms with van der Waals surface area (Å²) < 4.78 is 5.44. The summed E-state index contributed by atoms with van der Waals surface area (Å²) in [5.74, 6) is 2.48. The first-order valence-corrected chi connectivity index (χ1v) is 6.93. The van der Waals surface area contributed by atoms with E-state index in [2.05, 4.69) is 5.32 Å². The zero-order chi connectivity index (χ0) is 13.1. The molecule has 2 heterocycles. The van der Waals surface area contributed by atoms with E-state index in [0.29, 0.717) is 11.6 Å². The van der Waals surface area contributed by atoms with Crippen molar-refractivity contribution in [3.05, 3.63) is 23.7 Å². The second-order valence-corrected chi connectivity index (χ2v) is 5.26. The van der Waals surface area contributed by atoms with Gasteiger partial charge in [-0.3, -0.25) is 9.59 Å². The summed E-state index contributed by atoms with van der Waals surface area (Å²) in [5, 5.41) is 2.82. The molecule has 98 valence electrons. The molecule has 0 radical (unpaired) electrons. The van der Waals surface area contributed by atoms with Crippen LogP contribution in [0.3, 0.4) is 0 Å². The molecule has 1 aliphatic heterocycles. The average molecular weight is 268 g/mol. The quantitative estimate of drug-likeness (QED) is 0.894. The van der Waals surface area contributed by atoms with E-state index in [-0.39, 0.29) is 24.4 Å². The Labute approximate surface area is 110 Å². The van der Waals surface area contributed by atoms with Crippen LogP contribution in [0.4, 0.5) is 0 Å². The Hall–Kier alpha value is -1.43. The van der Waals surface area contributed by atoms with E-state index in [1.165, 1.54) is 11.8 Å². The van der Waals surface area contributed by atoms with Crippen molar-refractivity contribution in [3.63, 3.8) is 0 Å². The largest absolute Gasteiger partial charge is 0.464 e. The zero-order valence-electron chi connectivity index (χ0n) is 10.4. The number of amides is 2. The molecule has 0 spiro atoms. The molecule has 1 aromatic heterocycles. The molecule has 0 aromatic carbocycles. The highest BCUT2D eigenvalue weighted by atomic mass is 32.2. The fourth-order valence-corrected chi connectivity index (χ4v) is 2.66. The summed E-state index contributed by atoms with van der Waals surface area (Å²) in [4.78, 5) is 24.7. The van der Waals surface area contributed by atoms with Crippen LogP contribution >= 0.6 is 11.8 Å². The molecule has 0 saturated carbocycles. The monoisotopic (exact) mass is 268 g/mol. The number of thioether (sulfide) groups is 1. The summed E-state index contributed by atoms with van der Waals surface area (Å²) in [6.07, 6.45) is 0. The topological polar surface area (TPSA) is 62.6 Å². The van der Waals surface area contributed by atoms with Gasteiger partial charge in [-0.25, -0.2) is 0 Å². The molecule has 6 heteroatoms. The van der Waals surface area contributed by atoms with E-state index in [4.69, 9.17) is 4.42 Å². The molecule has 18 heavy (non-hydrogen) atoms. The third-order valence-electron chi connectivity index (χ3n) is 2.73. The minimum Gasteiger partial charge on any atom is -0.464 e. The van der Waals surface area contributed by atoms with E-state index in [9.17, 15) is 9.59 Å². The van der Waals surface area contributed by atoms with Crippen LogP contribution in [-0.4, -0.2) is 34.9 Å². The highest BCUT2D eigenvalue weighted by Crippen LogP contribution is 2.16. The molecule has 1 N–H and O–H groups in total. The van der Waals surface area contributed by atoms with Gasteiger partial charge in [-0.2, -0.15) is 0 Å². The van der Waals surface area contributed by atoms with Gasteiger partial charge in [0.05, 0.1) is 17.7 Å². The number of nitrogens with one attached hydrogen (secondary N) is 1. The van der Waals surface area contributed by atoms with Crippen molar-refractivity contribution < 1.29 is 14.0 Å². The Balaban J connectivity index is 1.85. The lowest BCUT2D eigenvalue weighted by Crippen LogP contribution is -2.39. The van der Waals surface area contributed by atoms with Crippen molar-refractivity contribution in [1.82, 2.24) is 10.2 Å². The predicted molar refractivity (Wildman–Crippen MR) is 69.0 cm³/mol. The first-order chi connectivity index (χ1) is 8.56. The van der Waals surface area contributed by atoms with Gasteiger partial charge < -0.3 is 14.6 Å². The second-order valence-electron chi connectivity index (χ2n) is 4.31. The number of hydrogen-bond donors (Lipinski definition) is 1. The SMILES string of the molecule is Cc1ccc(C(C)NC(=O)CN2CSCC2=O)o1. The summed E-state index contributed by atoms with van der Waals surface area (Å²) in [6, 6.07) is 3.52. The van der Waals surface area contributed by atoms with Gasteiger partial charge in [0.15, 0.2) is 0 Å². The number of nitrogens with zero attached hydrogens (tertiary/aromatic N) is 1. The number of hydrogen-bond acceptors (Lipinski definition) is 4. The zero-order valence-corrected chi connectivity index (χ0v) is 11.3. The molecule has 1 unspecified atom stereocenters. The lowest BCUT2D eigenvalue weighted by atomic mass is 10.2. The van der Waals surface area contributed by atoms with Crippen LogP contribution in [0.15, 0.2) is 16.5 Å². The minimum absolute atomic E-state index is 0.0247. The highest BCUT2D eigenvalue weighted by Gasteiger charge is 2.23. The van der Waals surface area contributed by atoms with Crippen molar-refractivity contribution in [2.75, 3.05) is 18.2 Å². The molecule has 0 aliphatic carbocycles.